The molecule has 0 radical (unpaired) electrons. The van der Waals surface area contributed by atoms with Crippen molar-refractivity contribution in [3.8, 4) is 5.75 Å². The van der Waals surface area contributed by atoms with Crippen LogP contribution in [0.1, 0.15) is 26.3 Å². The van der Waals surface area contributed by atoms with E-state index in [0.29, 0.717) is 6.07 Å². The summed E-state index contributed by atoms with van der Waals surface area (Å²) in [5.41, 5.74) is -2.47. The Morgan fingerprint density at radius 2 is 1.25 bits per heavy atom. The first-order valence-corrected chi connectivity index (χ1v) is 8.71. The van der Waals surface area contributed by atoms with E-state index in [9.17, 15) is 39.9 Å². The Morgan fingerprint density at radius 3 is 1.78 bits per heavy atom. The van der Waals surface area contributed by atoms with Crippen molar-refractivity contribution in [1.82, 2.24) is 0 Å². The molecule has 0 aliphatic carbocycles. The molecule has 0 fully saturated rings. The van der Waals surface area contributed by atoms with Gasteiger partial charge in [0.15, 0.2) is 5.78 Å². The minimum Gasteiger partial charge on any atom is -0.416 e. The maximum Gasteiger partial charge on any atom is 0.344 e. The molecule has 0 aromatic heterocycles. The molecule has 3 aromatic rings. The fourth-order valence-electron chi connectivity index (χ4n) is 2.73. The lowest BCUT2D eigenvalue weighted by Gasteiger charge is -2.07. The van der Waals surface area contributed by atoms with Crippen LogP contribution in [0.25, 0.3) is 0 Å². The van der Waals surface area contributed by atoms with E-state index < -0.39 is 54.9 Å². The molecule has 3 rings (SSSR count). The zero-order chi connectivity index (χ0) is 23.4. The molecule has 3 aromatic carbocycles. The second-order valence-electron chi connectivity index (χ2n) is 6.28. The highest BCUT2D eigenvalue weighted by atomic mass is 16.6. The second kappa shape index (κ2) is 8.79. The Labute approximate surface area is 178 Å². The van der Waals surface area contributed by atoms with Gasteiger partial charge < -0.3 is 4.74 Å². The molecule has 0 saturated heterocycles. The predicted octanol–water partition coefficient (Wildman–Crippen LogP) is 3.86. The molecular formula is C20H11N3O9. The summed E-state index contributed by atoms with van der Waals surface area (Å²) < 4.78 is 4.97. The zero-order valence-electron chi connectivity index (χ0n) is 15.9. The number of nitrogens with zero attached hydrogens (tertiary/aromatic N) is 3. The van der Waals surface area contributed by atoms with Gasteiger partial charge in [0.1, 0.15) is 0 Å². The Kier molecular flexibility index (Phi) is 5.96. The van der Waals surface area contributed by atoms with Gasteiger partial charge in [-0.3, -0.25) is 35.1 Å². The van der Waals surface area contributed by atoms with Gasteiger partial charge in [0.05, 0.1) is 26.4 Å². The quantitative estimate of drug-likeness (QED) is 0.175. The fraction of sp³-hybridized carbons (Fsp3) is 0. The Hall–Kier alpha value is -5.00. The van der Waals surface area contributed by atoms with Gasteiger partial charge in [-0.05, 0) is 12.1 Å². The lowest BCUT2D eigenvalue weighted by atomic mass is 10.0. The molecule has 0 bridgehead atoms. The number of ketones is 1. The summed E-state index contributed by atoms with van der Waals surface area (Å²) >= 11 is 0. The lowest BCUT2D eigenvalue weighted by molar-refractivity contribution is -0.394. The van der Waals surface area contributed by atoms with E-state index >= 15 is 0 Å². The number of esters is 1. The van der Waals surface area contributed by atoms with Crippen LogP contribution in [0.5, 0.6) is 5.75 Å². The molecule has 12 nitrogen and oxygen atoms in total. The molecule has 0 spiro atoms. The van der Waals surface area contributed by atoms with Crippen LogP contribution in [0, 0.1) is 30.3 Å². The van der Waals surface area contributed by atoms with Crippen molar-refractivity contribution in [2.45, 2.75) is 0 Å². The average Bonchev–Trinajstić information content (AvgIpc) is 2.78. The van der Waals surface area contributed by atoms with Gasteiger partial charge in [0.25, 0.3) is 11.4 Å². The molecule has 0 aliphatic rings. The second-order valence-corrected chi connectivity index (χ2v) is 6.28. The summed E-state index contributed by atoms with van der Waals surface area (Å²) in [4.78, 5) is 55.6. The fourth-order valence-corrected chi connectivity index (χ4v) is 2.73. The summed E-state index contributed by atoms with van der Waals surface area (Å²) in [6, 6.07) is 13.3. The van der Waals surface area contributed by atoms with Gasteiger partial charge in [-0.25, -0.2) is 4.79 Å². The van der Waals surface area contributed by atoms with Crippen molar-refractivity contribution in [1.29, 1.82) is 0 Å². The number of hydrogen-bond acceptors (Lipinski definition) is 9. The number of nitro benzene ring substituents is 3. The molecule has 0 unspecified atom stereocenters. The smallest absolute Gasteiger partial charge is 0.344 e. The van der Waals surface area contributed by atoms with Gasteiger partial charge in [-0.2, -0.15) is 0 Å². The molecule has 0 aliphatic heterocycles. The lowest BCUT2D eigenvalue weighted by Crippen LogP contribution is -2.11. The molecule has 32 heavy (non-hydrogen) atoms. The highest BCUT2D eigenvalue weighted by molar-refractivity contribution is 6.09. The molecule has 0 saturated carbocycles. The Morgan fingerprint density at radius 1 is 0.656 bits per heavy atom. The standard InChI is InChI=1S/C20H11N3O9/c24-19(12-4-2-1-3-5-12)13-6-7-18(17(10-13)23(30)31)32-20(25)14-8-15(21(26)27)11-16(9-14)22(28)29/h1-11H. The van der Waals surface area contributed by atoms with Crippen LogP contribution in [-0.2, 0) is 0 Å². The highest BCUT2D eigenvalue weighted by Gasteiger charge is 2.25. The van der Waals surface area contributed by atoms with Crippen molar-refractivity contribution >= 4 is 28.8 Å². The number of nitro groups is 3. The molecular weight excluding hydrogens is 426 g/mol. The summed E-state index contributed by atoms with van der Waals surface area (Å²) in [6.45, 7) is 0. The van der Waals surface area contributed by atoms with Crippen molar-refractivity contribution in [3.05, 3.63) is 114 Å². The molecule has 0 atom stereocenters. The minimum absolute atomic E-state index is 0.0336. The first-order valence-electron chi connectivity index (χ1n) is 8.71. The van der Waals surface area contributed by atoms with Crippen molar-refractivity contribution in [3.63, 3.8) is 0 Å². The first kappa shape index (κ1) is 21.7. The van der Waals surface area contributed by atoms with Crippen LogP contribution in [0.4, 0.5) is 17.1 Å². The predicted molar refractivity (Wildman–Crippen MR) is 108 cm³/mol. The number of carbonyl (C=O) groups is 2. The van der Waals surface area contributed by atoms with E-state index in [2.05, 4.69) is 0 Å². The van der Waals surface area contributed by atoms with E-state index in [1.165, 1.54) is 18.2 Å². The number of ether oxygens (including phenoxy) is 1. The number of benzene rings is 3. The summed E-state index contributed by atoms with van der Waals surface area (Å²) in [5.74, 6) is -2.33. The van der Waals surface area contributed by atoms with E-state index in [4.69, 9.17) is 4.74 Å². The number of rotatable bonds is 7. The minimum atomic E-state index is -1.29. The maximum absolute atomic E-state index is 12.5. The number of carbonyl (C=O) groups excluding carboxylic acids is 2. The third kappa shape index (κ3) is 4.59. The molecule has 12 heteroatoms. The average molecular weight is 437 g/mol. The van der Waals surface area contributed by atoms with E-state index in [-0.39, 0.29) is 11.1 Å². The van der Waals surface area contributed by atoms with E-state index in [1.54, 1.807) is 18.2 Å². The van der Waals surface area contributed by atoms with E-state index in [0.717, 1.165) is 24.3 Å². The van der Waals surface area contributed by atoms with Crippen LogP contribution in [0.2, 0.25) is 0 Å². The zero-order valence-corrected chi connectivity index (χ0v) is 15.9. The summed E-state index contributed by atoms with van der Waals surface area (Å²) in [7, 11) is 0. The van der Waals surface area contributed by atoms with Gasteiger partial charge in [0.2, 0.25) is 5.75 Å². The molecule has 0 amide bonds. The van der Waals surface area contributed by atoms with Crippen LogP contribution < -0.4 is 4.74 Å². The number of hydrogen-bond donors (Lipinski definition) is 0. The summed E-state index contributed by atoms with van der Waals surface area (Å²) in [6.07, 6.45) is 0. The number of non-ortho nitro benzene ring substituents is 2. The topological polar surface area (TPSA) is 173 Å². The van der Waals surface area contributed by atoms with Crippen LogP contribution >= 0.6 is 0 Å². The maximum atomic E-state index is 12.5. The van der Waals surface area contributed by atoms with Gasteiger partial charge in [-0.1, -0.05) is 30.3 Å². The summed E-state index contributed by atoms with van der Waals surface area (Å²) in [5, 5.41) is 33.4. The van der Waals surface area contributed by atoms with Gasteiger partial charge in [-0.15, -0.1) is 0 Å². The van der Waals surface area contributed by atoms with Gasteiger partial charge in [0, 0.05) is 29.3 Å². The molecule has 0 N–H and O–H groups in total. The van der Waals surface area contributed by atoms with Crippen molar-refractivity contribution < 1.29 is 29.1 Å². The monoisotopic (exact) mass is 437 g/mol. The van der Waals surface area contributed by atoms with Gasteiger partial charge >= 0.3 is 11.7 Å². The Balaban J connectivity index is 1.96. The first-order chi connectivity index (χ1) is 15.2. The van der Waals surface area contributed by atoms with E-state index in [1.807, 2.05) is 0 Å². The molecule has 160 valence electrons. The largest absolute Gasteiger partial charge is 0.416 e. The third-order valence-electron chi connectivity index (χ3n) is 4.22. The van der Waals surface area contributed by atoms with Crippen molar-refractivity contribution in [2.24, 2.45) is 0 Å². The van der Waals surface area contributed by atoms with Crippen LogP contribution in [-0.4, -0.2) is 26.5 Å². The SMILES string of the molecule is O=C(Oc1ccc(C(=O)c2ccccc2)cc1[N+](=O)[O-])c1cc([N+](=O)[O-])cc([N+](=O)[O-])c1. The molecule has 0 heterocycles. The van der Waals surface area contributed by atoms with Crippen LogP contribution in [0.3, 0.4) is 0 Å². The Bertz CT molecular complexity index is 1240. The third-order valence-corrected chi connectivity index (χ3v) is 4.22. The van der Waals surface area contributed by atoms with Crippen LogP contribution in [0.15, 0.2) is 66.7 Å². The van der Waals surface area contributed by atoms with Crippen molar-refractivity contribution in [2.75, 3.05) is 0 Å². The normalized spacial score (nSPS) is 10.2. The highest BCUT2D eigenvalue weighted by Crippen LogP contribution is 2.31.